The Bertz CT molecular complexity index is 1240. The van der Waals surface area contributed by atoms with Crippen LogP contribution >= 0.6 is 0 Å². The maximum absolute atomic E-state index is 11.3. The third kappa shape index (κ3) is 7.20. The van der Waals surface area contributed by atoms with E-state index in [0.29, 0.717) is 41.9 Å². The Morgan fingerprint density at radius 1 is 0.763 bits per heavy atom. The summed E-state index contributed by atoms with van der Waals surface area (Å²) in [5.74, 6) is 2.06. The number of hydrogen-bond donors (Lipinski definition) is 2. The molecular weight excluding hydrogens is 486 g/mol. The molecule has 0 radical (unpaired) electrons. The first-order valence-corrected chi connectivity index (χ1v) is 12.1. The lowest BCUT2D eigenvalue weighted by Gasteiger charge is -2.21. The van der Waals surface area contributed by atoms with Crippen LogP contribution in [0.2, 0.25) is 0 Å². The largest absolute Gasteiger partial charge is 0.493 e. The van der Waals surface area contributed by atoms with Crippen molar-refractivity contribution in [2.24, 2.45) is 0 Å². The number of carboxylic acid groups (broad SMARTS) is 1. The van der Waals surface area contributed by atoms with Gasteiger partial charge in [0.15, 0.2) is 23.0 Å². The van der Waals surface area contributed by atoms with Gasteiger partial charge in [0.2, 0.25) is 5.75 Å². The van der Waals surface area contributed by atoms with Gasteiger partial charge in [0, 0.05) is 6.54 Å². The second-order valence-electron chi connectivity index (χ2n) is 9.09. The molecule has 0 saturated carbocycles. The van der Waals surface area contributed by atoms with Crippen molar-refractivity contribution in [1.82, 2.24) is 5.32 Å². The Labute approximate surface area is 223 Å². The number of aliphatic carboxylic acids is 1. The summed E-state index contributed by atoms with van der Waals surface area (Å²) < 4.78 is 27.8. The summed E-state index contributed by atoms with van der Waals surface area (Å²) in [5.41, 5.74) is 2.78. The van der Waals surface area contributed by atoms with Crippen molar-refractivity contribution in [3.8, 4) is 28.7 Å². The highest BCUT2D eigenvalue weighted by Crippen LogP contribution is 2.38. The maximum atomic E-state index is 11.3. The summed E-state index contributed by atoms with van der Waals surface area (Å²) in [5, 5.41) is 12.3. The van der Waals surface area contributed by atoms with E-state index in [1.54, 1.807) is 42.3 Å². The molecule has 3 aromatic rings. The van der Waals surface area contributed by atoms with E-state index in [1.165, 1.54) is 0 Å². The summed E-state index contributed by atoms with van der Waals surface area (Å²) in [4.78, 5) is 11.3. The molecule has 0 spiro atoms. The fraction of sp³-hybridized carbons (Fsp3) is 0.300. The molecule has 8 nitrogen and oxygen atoms in total. The van der Waals surface area contributed by atoms with Gasteiger partial charge in [-0.25, -0.2) is 0 Å². The summed E-state index contributed by atoms with van der Waals surface area (Å²) in [6.07, 6.45) is 3.92. The predicted molar refractivity (Wildman–Crippen MR) is 147 cm³/mol. The highest BCUT2D eigenvalue weighted by Gasteiger charge is 2.25. The fourth-order valence-corrected chi connectivity index (χ4v) is 3.61. The summed E-state index contributed by atoms with van der Waals surface area (Å²) >= 11 is 0. The molecule has 0 bridgehead atoms. The van der Waals surface area contributed by atoms with Crippen LogP contribution in [0, 0.1) is 0 Å². The third-order valence-electron chi connectivity index (χ3n) is 6.03. The molecule has 0 aliphatic heterocycles. The normalized spacial score (nSPS) is 11.3. The quantitative estimate of drug-likeness (QED) is 0.288. The Morgan fingerprint density at radius 3 is 1.87 bits per heavy atom. The van der Waals surface area contributed by atoms with Gasteiger partial charge in [0.1, 0.15) is 12.1 Å². The molecule has 0 atom stereocenters. The SMILES string of the molecule is COc1ccc(/C=C\c2cc(OC)c(OC)c(OC)c2)cc1OCc1ccc(CNC(C)(C)C(=O)O)cc1. The van der Waals surface area contributed by atoms with Crippen molar-refractivity contribution in [3.63, 3.8) is 0 Å². The van der Waals surface area contributed by atoms with Crippen LogP contribution in [0.15, 0.2) is 54.6 Å². The van der Waals surface area contributed by atoms with Crippen LogP contribution in [0.3, 0.4) is 0 Å². The standard InChI is InChI=1S/C30H35NO7/c1-30(2,29(32)33)31-18-21-8-10-22(11-9-21)19-38-25-15-20(13-14-24(25)34-3)7-12-23-16-26(35-4)28(37-6)27(17-23)36-5/h7-17,31H,18-19H2,1-6H3,(H,32,33)/b12-7-. The zero-order chi connectivity index (χ0) is 27.7. The molecule has 0 unspecified atom stereocenters. The van der Waals surface area contributed by atoms with E-state index >= 15 is 0 Å². The molecule has 0 amide bonds. The van der Waals surface area contributed by atoms with Crippen molar-refractivity contribution < 1.29 is 33.6 Å². The van der Waals surface area contributed by atoms with Gasteiger partial charge in [-0.05, 0) is 60.4 Å². The predicted octanol–water partition coefficient (Wildman–Crippen LogP) is 5.42. The van der Waals surface area contributed by atoms with Gasteiger partial charge in [-0.2, -0.15) is 0 Å². The number of ether oxygens (including phenoxy) is 5. The number of methoxy groups -OCH3 is 4. The molecule has 0 aliphatic rings. The second-order valence-corrected chi connectivity index (χ2v) is 9.09. The molecule has 0 saturated heterocycles. The molecular formula is C30H35NO7. The first kappa shape index (κ1) is 28.4. The number of hydrogen-bond acceptors (Lipinski definition) is 7. The van der Waals surface area contributed by atoms with Gasteiger partial charge < -0.3 is 28.8 Å². The van der Waals surface area contributed by atoms with Gasteiger partial charge >= 0.3 is 5.97 Å². The number of carboxylic acids is 1. The van der Waals surface area contributed by atoms with Crippen molar-refractivity contribution in [2.45, 2.75) is 32.5 Å². The lowest BCUT2D eigenvalue weighted by Crippen LogP contribution is -2.46. The average Bonchev–Trinajstić information content (AvgIpc) is 2.93. The van der Waals surface area contributed by atoms with E-state index in [0.717, 1.165) is 22.3 Å². The molecule has 0 fully saturated rings. The Morgan fingerprint density at radius 2 is 1.32 bits per heavy atom. The minimum absolute atomic E-state index is 0.352. The number of nitrogens with one attached hydrogen (secondary N) is 1. The molecule has 0 aromatic heterocycles. The molecule has 0 heterocycles. The molecule has 3 aromatic carbocycles. The minimum Gasteiger partial charge on any atom is -0.493 e. The smallest absolute Gasteiger partial charge is 0.323 e. The Hall–Kier alpha value is -4.17. The average molecular weight is 522 g/mol. The van der Waals surface area contributed by atoms with Gasteiger partial charge in [-0.3, -0.25) is 10.1 Å². The van der Waals surface area contributed by atoms with Crippen molar-refractivity contribution in [2.75, 3.05) is 28.4 Å². The molecule has 38 heavy (non-hydrogen) atoms. The number of rotatable bonds is 13. The molecule has 2 N–H and O–H groups in total. The molecule has 0 aliphatic carbocycles. The van der Waals surface area contributed by atoms with E-state index in [-0.39, 0.29) is 0 Å². The Kier molecular flexibility index (Phi) is 9.62. The monoisotopic (exact) mass is 521 g/mol. The second kappa shape index (κ2) is 12.9. The molecule has 202 valence electrons. The highest BCUT2D eigenvalue weighted by molar-refractivity contribution is 5.77. The summed E-state index contributed by atoms with van der Waals surface area (Å²) in [6, 6.07) is 17.3. The van der Waals surface area contributed by atoms with Crippen LogP contribution in [0.25, 0.3) is 12.2 Å². The Balaban J connectivity index is 1.70. The summed E-state index contributed by atoms with van der Waals surface area (Å²) in [7, 11) is 6.35. The van der Waals surface area contributed by atoms with E-state index in [9.17, 15) is 9.90 Å². The van der Waals surface area contributed by atoms with Crippen LogP contribution in [0.5, 0.6) is 28.7 Å². The maximum Gasteiger partial charge on any atom is 0.323 e. The van der Waals surface area contributed by atoms with Crippen LogP contribution in [-0.2, 0) is 17.9 Å². The van der Waals surface area contributed by atoms with Crippen LogP contribution in [0.1, 0.15) is 36.1 Å². The van der Waals surface area contributed by atoms with E-state index in [1.807, 2.05) is 66.7 Å². The van der Waals surface area contributed by atoms with Gasteiger partial charge in [0.25, 0.3) is 0 Å². The van der Waals surface area contributed by atoms with E-state index < -0.39 is 11.5 Å². The lowest BCUT2D eigenvalue weighted by molar-refractivity contribution is -0.143. The van der Waals surface area contributed by atoms with Gasteiger partial charge in [-0.1, -0.05) is 42.5 Å². The van der Waals surface area contributed by atoms with Crippen LogP contribution < -0.4 is 29.0 Å². The van der Waals surface area contributed by atoms with Crippen molar-refractivity contribution >= 4 is 18.1 Å². The zero-order valence-corrected chi connectivity index (χ0v) is 22.7. The summed E-state index contributed by atoms with van der Waals surface area (Å²) in [6.45, 7) is 4.08. The van der Waals surface area contributed by atoms with Crippen molar-refractivity contribution in [3.05, 3.63) is 76.9 Å². The van der Waals surface area contributed by atoms with E-state index in [4.69, 9.17) is 23.7 Å². The third-order valence-corrected chi connectivity index (χ3v) is 6.03. The highest BCUT2D eigenvalue weighted by atomic mass is 16.5. The first-order chi connectivity index (χ1) is 18.2. The topological polar surface area (TPSA) is 95.5 Å². The molecule has 3 rings (SSSR count). The number of carbonyl (C=O) groups is 1. The van der Waals surface area contributed by atoms with Crippen molar-refractivity contribution in [1.29, 1.82) is 0 Å². The molecule has 8 heteroatoms. The van der Waals surface area contributed by atoms with Crippen LogP contribution in [0.4, 0.5) is 0 Å². The zero-order valence-electron chi connectivity index (χ0n) is 22.7. The fourth-order valence-electron chi connectivity index (χ4n) is 3.61. The van der Waals surface area contributed by atoms with E-state index in [2.05, 4.69) is 5.32 Å². The minimum atomic E-state index is -0.997. The number of benzene rings is 3. The lowest BCUT2D eigenvalue weighted by atomic mass is 10.1. The van der Waals surface area contributed by atoms with Gasteiger partial charge in [-0.15, -0.1) is 0 Å². The van der Waals surface area contributed by atoms with Crippen LogP contribution in [-0.4, -0.2) is 45.1 Å². The van der Waals surface area contributed by atoms with Gasteiger partial charge in [0.05, 0.1) is 28.4 Å². The first-order valence-electron chi connectivity index (χ1n) is 12.1.